The predicted molar refractivity (Wildman–Crippen MR) is 97.4 cm³/mol. The Morgan fingerprint density at radius 1 is 1.08 bits per heavy atom. The molecule has 130 valence electrons. The second-order valence-electron chi connectivity index (χ2n) is 5.45. The number of hydrogen-bond donors (Lipinski definition) is 2. The van der Waals surface area contributed by atoms with Crippen LogP contribution in [-0.4, -0.2) is 31.3 Å². The summed E-state index contributed by atoms with van der Waals surface area (Å²) in [5.74, 6) is -0.227. The van der Waals surface area contributed by atoms with E-state index in [-0.39, 0.29) is 18.4 Å². The molecule has 0 bridgehead atoms. The molecule has 0 saturated heterocycles. The zero-order chi connectivity index (χ0) is 16.5. The standard InChI is InChI=1S/C19H23NO3.ClH/c1-23-19(22)13-16-9-7-15(8-10-16)11-12-20-14-18(21)17-5-3-2-4-6-17;/h2-10,18,20-21H,11-14H2,1H3;1H. The highest BCUT2D eigenvalue weighted by Gasteiger charge is 2.06. The summed E-state index contributed by atoms with van der Waals surface area (Å²) in [7, 11) is 1.40. The molecular weight excluding hydrogens is 326 g/mol. The van der Waals surface area contributed by atoms with Gasteiger partial charge < -0.3 is 15.2 Å². The summed E-state index contributed by atoms with van der Waals surface area (Å²) in [6, 6.07) is 17.6. The topological polar surface area (TPSA) is 58.6 Å². The van der Waals surface area contributed by atoms with Crippen molar-refractivity contribution in [1.82, 2.24) is 5.32 Å². The highest BCUT2D eigenvalue weighted by molar-refractivity contribution is 5.85. The molecule has 0 radical (unpaired) electrons. The van der Waals surface area contributed by atoms with Crippen molar-refractivity contribution in [3.63, 3.8) is 0 Å². The number of nitrogens with one attached hydrogen (secondary N) is 1. The molecule has 4 nitrogen and oxygen atoms in total. The molecule has 2 rings (SSSR count). The molecule has 1 atom stereocenters. The van der Waals surface area contributed by atoms with Gasteiger partial charge in [-0.15, -0.1) is 12.4 Å². The van der Waals surface area contributed by atoms with Crippen LogP contribution in [0.25, 0.3) is 0 Å². The van der Waals surface area contributed by atoms with E-state index in [4.69, 9.17) is 0 Å². The van der Waals surface area contributed by atoms with Crippen LogP contribution in [0.15, 0.2) is 54.6 Å². The quantitative estimate of drug-likeness (QED) is 0.568. The van der Waals surface area contributed by atoms with Crippen molar-refractivity contribution >= 4 is 18.4 Å². The fraction of sp³-hybridized carbons (Fsp3) is 0.316. The van der Waals surface area contributed by atoms with E-state index in [1.807, 2.05) is 54.6 Å². The second-order valence-corrected chi connectivity index (χ2v) is 5.45. The predicted octanol–water partition coefficient (Wildman–Crippen LogP) is 2.69. The largest absolute Gasteiger partial charge is 0.469 e. The average molecular weight is 350 g/mol. The number of methoxy groups -OCH3 is 1. The maximum Gasteiger partial charge on any atom is 0.309 e. The lowest BCUT2D eigenvalue weighted by Crippen LogP contribution is -2.23. The molecule has 2 aromatic carbocycles. The van der Waals surface area contributed by atoms with Gasteiger partial charge in [-0.05, 0) is 29.7 Å². The number of aliphatic hydroxyl groups is 1. The average Bonchev–Trinajstić information content (AvgIpc) is 2.60. The van der Waals surface area contributed by atoms with Crippen molar-refractivity contribution in [2.24, 2.45) is 0 Å². The fourth-order valence-electron chi connectivity index (χ4n) is 2.33. The van der Waals surface area contributed by atoms with Gasteiger partial charge in [0.05, 0.1) is 19.6 Å². The summed E-state index contributed by atoms with van der Waals surface area (Å²) >= 11 is 0. The Labute approximate surface area is 149 Å². The van der Waals surface area contributed by atoms with Crippen LogP contribution in [0.5, 0.6) is 0 Å². The van der Waals surface area contributed by atoms with Crippen molar-refractivity contribution in [2.45, 2.75) is 18.9 Å². The van der Waals surface area contributed by atoms with E-state index >= 15 is 0 Å². The zero-order valence-electron chi connectivity index (χ0n) is 13.8. The molecule has 0 aliphatic rings. The van der Waals surface area contributed by atoms with Crippen LogP contribution in [0.2, 0.25) is 0 Å². The van der Waals surface area contributed by atoms with Crippen LogP contribution >= 0.6 is 12.4 Å². The molecule has 0 aromatic heterocycles. The van der Waals surface area contributed by atoms with Gasteiger partial charge >= 0.3 is 5.97 Å². The molecule has 0 aliphatic carbocycles. The van der Waals surface area contributed by atoms with Crippen LogP contribution in [0.3, 0.4) is 0 Å². The van der Waals surface area contributed by atoms with E-state index in [9.17, 15) is 9.90 Å². The Hall–Kier alpha value is -1.88. The molecule has 0 spiro atoms. The summed E-state index contributed by atoms with van der Waals surface area (Å²) in [5, 5.41) is 13.3. The molecule has 1 unspecified atom stereocenters. The van der Waals surface area contributed by atoms with Crippen LogP contribution in [0, 0.1) is 0 Å². The van der Waals surface area contributed by atoms with Gasteiger partial charge in [-0.3, -0.25) is 4.79 Å². The summed E-state index contributed by atoms with van der Waals surface area (Å²) in [4.78, 5) is 11.2. The van der Waals surface area contributed by atoms with Gasteiger partial charge in [0.25, 0.3) is 0 Å². The number of benzene rings is 2. The van der Waals surface area contributed by atoms with Gasteiger partial charge in [0.2, 0.25) is 0 Å². The van der Waals surface area contributed by atoms with Crippen LogP contribution < -0.4 is 5.32 Å². The molecule has 0 heterocycles. The van der Waals surface area contributed by atoms with E-state index in [0.29, 0.717) is 13.0 Å². The maximum atomic E-state index is 11.2. The third-order valence-electron chi connectivity index (χ3n) is 3.71. The third kappa shape index (κ3) is 6.71. The van der Waals surface area contributed by atoms with Gasteiger partial charge in [-0.1, -0.05) is 54.6 Å². The molecule has 24 heavy (non-hydrogen) atoms. The number of hydrogen-bond acceptors (Lipinski definition) is 4. The first kappa shape index (κ1) is 20.2. The Kier molecular flexibility index (Phi) is 9.08. The number of carbonyl (C=O) groups excluding carboxylic acids is 1. The summed E-state index contributed by atoms with van der Waals surface area (Å²) in [6.45, 7) is 1.32. The molecule has 2 aromatic rings. The van der Waals surface area contributed by atoms with Crippen LogP contribution in [-0.2, 0) is 22.4 Å². The second kappa shape index (κ2) is 10.8. The molecule has 0 amide bonds. The van der Waals surface area contributed by atoms with Crippen molar-refractivity contribution in [3.05, 3.63) is 71.3 Å². The highest BCUT2D eigenvalue weighted by atomic mass is 35.5. The first-order valence-corrected chi connectivity index (χ1v) is 7.77. The molecular formula is C19H24ClNO3. The van der Waals surface area contributed by atoms with Gasteiger partial charge in [0, 0.05) is 6.54 Å². The van der Waals surface area contributed by atoms with Gasteiger partial charge in [-0.2, -0.15) is 0 Å². The number of esters is 1. The van der Waals surface area contributed by atoms with Crippen molar-refractivity contribution in [3.8, 4) is 0 Å². The number of halogens is 1. The van der Waals surface area contributed by atoms with E-state index in [1.165, 1.54) is 12.7 Å². The summed E-state index contributed by atoms with van der Waals surface area (Å²) < 4.78 is 4.65. The van der Waals surface area contributed by atoms with E-state index < -0.39 is 6.10 Å². The molecule has 0 aliphatic heterocycles. The minimum Gasteiger partial charge on any atom is -0.469 e. The SMILES string of the molecule is COC(=O)Cc1ccc(CCNCC(O)c2ccccc2)cc1.Cl. The summed E-state index contributed by atoms with van der Waals surface area (Å²) in [6.07, 6.45) is 0.692. The lowest BCUT2D eigenvalue weighted by molar-refractivity contribution is -0.139. The number of rotatable bonds is 8. The molecule has 5 heteroatoms. The number of aliphatic hydroxyl groups excluding tert-OH is 1. The smallest absolute Gasteiger partial charge is 0.309 e. The fourth-order valence-corrected chi connectivity index (χ4v) is 2.33. The number of ether oxygens (including phenoxy) is 1. The van der Waals surface area contributed by atoms with E-state index in [2.05, 4.69) is 10.1 Å². The van der Waals surface area contributed by atoms with Crippen molar-refractivity contribution in [1.29, 1.82) is 0 Å². The molecule has 0 fully saturated rings. The van der Waals surface area contributed by atoms with E-state index in [0.717, 1.165) is 24.1 Å². The Morgan fingerprint density at radius 3 is 2.33 bits per heavy atom. The monoisotopic (exact) mass is 349 g/mol. The number of carbonyl (C=O) groups is 1. The Bertz CT molecular complexity index is 602. The Morgan fingerprint density at radius 2 is 1.71 bits per heavy atom. The molecule has 2 N–H and O–H groups in total. The zero-order valence-corrected chi connectivity index (χ0v) is 14.6. The lowest BCUT2D eigenvalue weighted by Gasteiger charge is -2.12. The first-order valence-electron chi connectivity index (χ1n) is 7.77. The maximum absolute atomic E-state index is 11.2. The molecule has 0 saturated carbocycles. The summed E-state index contributed by atoms with van der Waals surface area (Å²) in [5.41, 5.74) is 3.07. The first-order chi connectivity index (χ1) is 11.2. The highest BCUT2D eigenvalue weighted by Crippen LogP contribution is 2.10. The van der Waals surface area contributed by atoms with Crippen molar-refractivity contribution in [2.75, 3.05) is 20.2 Å². The van der Waals surface area contributed by atoms with Gasteiger partial charge in [-0.25, -0.2) is 0 Å². The van der Waals surface area contributed by atoms with Gasteiger partial charge in [0.1, 0.15) is 0 Å². The lowest BCUT2D eigenvalue weighted by atomic mass is 10.1. The van der Waals surface area contributed by atoms with Crippen molar-refractivity contribution < 1.29 is 14.6 Å². The van der Waals surface area contributed by atoms with Crippen LogP contribution in [0.4, 0.5) is 0 Å². The minimum atomic E-state index is -0.487. The van der Waals surface area contributed by atoms with Gasteiger partial charge in [0.15, 0.2) is 0 Å². The third-order valence-corrected chi connectivity index (χ3v) is 3.71. The van der Waals surface area contributed by atoms with E-state index in [1.54, 1.807) is 0 Å². The minimum absolute atomic E-state index is 0. The Balaban J connectivity index is 0.00000288. The van der Waals surface area contributed by atoms with Crippen LogP contribution in [0.1, 0.15) is 22.8 Å². The normalized spacial score (nSPS) is 11.4.